The van der Waals surface area contributed by atoms with Crippen molar-refractivity contribution in [3.05, 3.63) is 12.2 Å². The van der Waals surface area contributed by atoms with Gasteiger partial charge in [0.1, 0.15) is 12.2 Å². The van der Waals surface area contributed by atoms with Crippen molar-refractivity contribution in [2.45, 2.75) is 53.6 Å². The topological polar surface area (TPSA) is 42.7 Å². The molecule has 116 valence electrons. The number of nitrogens with one attached hydrogen (secondary N) is 1. The van der Waals surface area contributed by atoms with Gasteiger partial charge in [-0.3, -0.25) is 0 Å². The molecule has 0 saturated carbocycles. The lowest BCUT2D eigenvalue weighted by atomic mass is 10.2. The SMILES string of the molecule is CCNC(CSCC(C)C)Cc1ncnn1CC(C)C. The Kier molecular flexibility index (Phi) is 8.22. The van der Waals surface area contributed by atoms with Gasteiger partial charge in [-0.05, 0) is 24.1 Å². The van der Waals surface area contributed by atoms with E-state index in [0.29, 0.717) is 12.0 Å². The van der Waals surface area contributed by atoms with Crippen LogP contribution in [0, 0.1) is 11.8 Å². The molecule has 0 aliphatic heterocycles. The fraction of sp³-hybridized carbons (Fsp3) is 0.867. The predicted octanol–water partition coefficient (Wildman–Crippen LogP) is 2.84. The summed E-state index contributed by atoms with van der Waals surface area (Å²) in [5, 5.41) is 7.92. The highest BCUT2D eigenvalue weighted by atomic mass is 32.2. The minimum atomic E-state index is 0.485. The van der Waals surface area contributed by atoms with E-state index < -0.39 is 0 Å². The maximum atomic E-state index is 4.44. The van der Waals surface area contributed by atoms with E-state index in [1.54, 1.807) is 6.33 Å². The first kappa shape index (κ1) is 17.5. The van der Waals surface area contributed by atoms with E-state index >= 15 is 0 Å². The average Bonchev–Trinajstić information content (AvgIpc) is 2.75. The van der Waals surface area contributed by atoms with Crippen LogP contribution < -0.4 is 5.32 Å². The van der Waals surface area contributed by atoms with Crippen molar-refractivity contribution in [2.24, 2.45) is 11.8 Å². The molecule has 0 saturated heterocycles. The van der Waals surface area contributed by atoms with Crippen molar-refractivity contribution in [1.29, 1.82) is 0 Å². The van der Waals surface area contributed by atoms with E-state index in [9.17, 15) is 0 Å². The molecule has 0 fully saturated rings. The molecule has 1 heterocycles. The van der Waals surface area contributed by atoms with Crippen LogP contribution in [0.2, 0.25) is 0 Å². The van der Waals surface area contributed by atoms with Crippen LogP contribution in [0.25, 0.3) is 0 Å². The van der Waals surface area contributed by atoms with Crippen LogP contribution in [0.3, 0.4) is 0 Å². The number of thioether (sulfide) groups is 1. The molecule has 4 nitrogen and oxygen atoms in total. The summed E-state index contributed by atoms with van der Waals surface area (Å²) in [6.45, 7) is 13.1. The molecule has 0 aromatic carbocycles. The Bertz CT molecular complexity index is 363. The van der Waals surface area contributed by atoms with Crippen LogP contribution >= 0.6 is 11.8 Å². The Labute approximate surface area is 128 Å². The lowest BCUT2D eigenvalue weighted by Crippen LogP contribution is -2.34. The van der Waals surface area contributed by atoms with Crippen LogP contribution in [0.15, 0.2) is 6.33 Å². The maximum absolute atomic E-state index is 4.44. The Hall–Kier alpha value is -0.550. The van der Waals surface area contributed by atoms with Gasteiger partial charge in [0, 0.05) is 24.8 Å². The summed E-state index contributed by atoms with van der Waals surface area (Å²) in [5.41, 5.74) is 0. The Balaban J connectivity index is 2.53. The molecule has 0 radical (unpaired) electrons. The van der Waals surface area contributed by atoms with Crippen LogP contribution in [0.1, 0.15) is 40.4 Å². The third-order valence-corrected chi connectivity index (χ3v) is 4.47. The highest BCUT2D eigenvalue weighted by Gasteiger charge is 2.14. The first-order valence-corrected chi connectivity index (χ1v) is 8.86. The molecular weight excluding hydrogens is 268 g/mol. The van der Waals surface area contributed by atoms with Crippen molar-refractivity contribution >= 4 is 11.8 Å². The third-order valence-electron chi connectivity index (χ3n) is 2.93. The van der Waals surface area contributed by atoms with Crippen molar-refractivity contribution in [2.75, 3.05) is 18.1 Å². The van der Waals surface area contributed by atoms with E-state index in [-0.39, 0.29) is 0 Å². The van der Waals surface area contributed by atoms with Gasteiger partial charge in [0.25, 0.3) is 0 Å². The van der Waals surface area contributed by atoms with Gasteiger partial charge in [0.2, 0.25) is 0 Å². The monoisotopic (exact) mass is 298 g/mol. The molecule has 1 unspecified atom stereocenters. The van der Waals surface area contributed by atoms with Gasteiger partial charge in [-0.1, -0.05) is 34.6 Å². The zero-order valence-electron chi connectivity index (χ0n) is 13.6. The number of nitrogens with zero attached hydrogens (tertiary/aromatic N) is 3. The van der Waals surface area contributed by atoms with Crippen molar-refractivity contribution in [1.82, 2.24) is 20.1 Å². The molecule has 0 amide bonds. The summed E-state index contributed by atoms with van der Waals surface area (Å²) in [7, 11) is 0. The molecule has 0 aliphatic rings. The highest BCUT2D eigenvalue weighted by molar-refractivity contribution is 7.99. The fourth-order valence-electron chi connectivity index (χ4n) is 2.09. The van der Waals surface area contributed by atoms with Gasteiger partial charge in [-0.15, -0.1) is 0 Å². The predicted molar refractivity (Wildman–Crippen MR) is 88.2 cm³/mol. The second-order valence-corrected chi connectivity index (χ2v) is 7.22. The number of likely N-dealkylation sites (N-methyl/N-ethyl adjacent to an activating group) is 1. The number of aromatic nitrogens is 3. The van der Waals surface area contributed by atoms with Gasteiger partial charge in [0.05, 0.1) is 0 Å². The normalized spacial score (nSPS) is 13.3. The standard InChI is InChI=1S/C15H30N4S/c1-6-16-14(10-20-9-13(4)5)7-15-17-11-18-19(15)8-12(2)3/h11-14,16H,6-10H2,1-5H3. The van der Waals surface area contributed by atoms with E-state index in [4.69, 9.17) is 0 Å². The van der Waals surface area contributed by atoms with Crippen LogP contribution in [-0.4, -0.2) is 38.9 Å². The Morgan fingerprint density at radius 1 is 1.20 bits per heavy atom. The second kappa shape index (κ2) is 9.40. The maximum Gasteiger partial charge on any atom is 0.138 e. The molecule has 1 N–H and O–H groups in total. The van der Waals surface area contributed by atoms with E-state index in [0.717, 1.165) is 37.0 Å². The summed E-state index contributed by atoms with van der Waals surface area (Å²) >= 11 is 2.03. The number of hydrogen-bond acceptors (Lipinski definition) is 4. The van der Waals surface area contributed by atoms with E-state index in [2.05, 4.69) is 54.7 Å². The smallest absolute Gasteiger partial charge is 0.138 e. The Morgan fingerprint density at radius 3 is 2.55 bits per heavy atom. The number of rotatable bonds is 10. The fourth-order valence-corrected chi connectivity index (χ4v) is 3.22. The minimum absolute atomic E-state index is 0.485. The summed E-state index contributed by atoms with van der Waals surface area (Å²) < 4.78 is 2.06. The summed E-state index contributed by atoms with van der Waals surface area (Å²) in [6.07, 6.45) is 2.65. The molecule has 0 aliphatic carbocycles. The summed E-state index contributed by atoms with van der Waals surface area (Å²) in [4.78, 5) is 4.44. The molecule has 1 atom stereocenters. The van der Waals surface area contributed by atoms with Gasteiger partial charge < -0.3 is 5.32 Å². The number of hydrogen-bond donors (Lipinski definition) is 1. The molecule has 20 heavy (non-hydrogen) atoms. The van der Waals surface area contributed by atoms with Crippen molar-refractivity contribution in [3.63, 3.8) is 0 Å². The zero-order valence-corrected chi connectivity index (χ0v) is 14.4. The first-order chi connectivity index (χ1) is 9.52. The summed E-state index contributed by atoms with van der Waals surface area (Å²) in [6, 6.07) is 0.485. The molecule has 0 bridgehead atoms. The second-order valence-electron chi connectivity index (χ2n) is 6.14. The van der Waals surface area contributed by atoms with E-state index in [1.165, 1.54) is 5.75 Å². The van der Waals surface area contributed by atoms with Crippen LogP contribution in [0.4, 0.5) is 0 Å². The van der Waals surface area contributed by atoms with Gasteiger partial charge in [0.15, 0.2) is 0 Å². The molecule has 1 aromatic heterocycles. The molecule has 0 spiro atoms. The van der Waals surface area contributed by atoms with Gasteiger partial charge in [-0.25, -0.2) is 9.67 Å². The lowest BCUT2D eigenvalue weighted by Gasteiger charge is -2.18. The molecular formula is C15H30N4S. The molecule has 5 heteroatoms. The van der Waals surface area contributed by atoms with Gasteiger partial charge >= 0.3 is 0 Å². The van der Waals surface area contributed by atoms with E-state index in [1.807, 2.05) is 11.8 Å². The Morgan fingerprint density at radius 2 is 1.95 bits per heavy atom. The molecule has 1 rings (SSSR count). The van der Waals surface area contributed by atoms with Crippen molar-refractivity contribution < 1.29 is 0 Å². The third kappa shape index (κ3) is 6.75. The average molecular weight is 299 g/mol. The van der Waals surface area contributed by atoms with Crippen LogP contribution in [-0.2, 0) is 13.0 Å². The quantitative estimate of drug-likeness (QED) is 0.721. The lowest BCUT2D eigenvalue weighted by molar-refractivity contribution is 0.451. The highest BCUT2D eigenvalue weighted by Crippen LogP contribution is 2.12. The zero-order chi connectivity index (χ0) is 15.0. The first-order valence-electron chi connectivity index (χ1n) is 7.70. The van der Waals surface area contributed by atoms with Crippen LogP contribution in [0.5, 0.6) is 0 Å². The van der Waals surface area contributed by atoms with Gasteiger partial charge in [-0.2, -0.15) is 16.9 Å². The summed E-state index contributed by atoms with van der Waals surface area (Å²) in [5.74, 6) is 4.83. The minimum Gasteiger partial charge on any atom is -0.313 e. The van der Waals surface area contributed by atoms with Crippen molar-refractivity contribution in [3.8, 4) is 0 Å². The molecule has 1 aromatic rings. The largest absolute Gasteiger partial charge is 0.313 e.